The zero-order valence-corrected chi connectivity index (χ0v) is 12.7. The summed E-state index contributed by atoms with van der Waals surface area (Å²) in [6.07, 6.45) is 0. The summed E-state index contributed by atoms with van der Waals surface area (Å²) in [5.41, 5.74) is 5.47. The van der Waals surface area contributed by atoms with E-state index in [0.29, 0.717) is 16.5 Å². The Hall–Kier alpha value is -3.11. The molecule has 3 aromatic rings. The molecule has 0 unspecified atom stereocenters. The van der Waals surface area contributed by atoms with Gasteiger partial charge in [0.25, 0.3) is 15.7 Å². The number of rotatable bonds is 3. The summed E-state index contributed by atoms with van der Waals surface area (Å²) in [5.74, 6) is -1.29. The first-order chi connectivity index (χ1) is 11.2. The molecule has 0 aliphatic heterocycles. The Balaban J connectivity index is 2.33. The van der Waals surface area contributed by atoms with Crippen molar-refractivity contribution in [2.45, 2.75) is 4.90 Å². The molecule has 5 N–H and O–H groups in total. The summed E-state index contributed by atoms with van der Waals surface area (Å²) in [5, 5.41) is 12.1. The number of nitrogens with two attached hydrogens (primary N) is 1. The SMILES string of the molecule is Nc1ccc(-n2[nH]c(C(=O)O)cc2=O)c2ccc(S(=O)(=O)O)cc12. The van der Waals surface area contributed by atoms with Crippen molar-refractivity contribution in [3.05, 3.63) is 52.4 Å². The number of nitrogens with zero attached hydrogens (tertiary/aromatic N) is 1. The molecule has 24 heavy (non-hydrogen) atoms. The number of anilines is 1. The van der Waals surface area contributed by atoms with Crippen LogP contribution in [0, 0.1) is 0 Å². The van der Waals surface area contributed by atoms with Gasteiger partial charge in [-0.05, 0) is 24.3 Å². The van der Waals surface area contributed by atoms with Crippen LogP contribution < -0.4 is 11.3 Å². The van der Waals surface area contributed by atoms with Crippen molar-refractivity contribution in [2.75, 3.05) is 5.73 Å². The molecule has 9 nitrogen and oxygen atoms in total. The number of fused-ring (bicyclic) bond motifs is 1. The topological polar surface area (TPSA) is 155 Å². The Kier molecular flexibility index (Phi) is 3.43. The van der Waals surface area contributed by atoms with Crippen molar-refractivity contribution in [3.63, 3.8) is 0 Å². The van der Waals surface area contributed by atoms with E-state index in [-0.39, 0.29) is 16.3 Å². The van der Waals surface area contributed by atoms with Crippen molar-refractivity contribution in [1.29, 1.82) is 0 Å². The highest BCUT2D eigenvalue weighted by atomic mass is 32.2. The quantitative estimate of drug-likeness (QED) is 0.403. The number of hydrogen-bond acceptors (Lipinski definition) is 5. The molecule has 0 amide bonds. The van der Waals surface area contributed by atoms with E-state index in [1.54, 1.807) is 0 Å². The van der Waals surface area contributed by atoms with Crippen LogP contribution in [0.1, 0.15) is 10.5 Å². The lowest BCUT2D eigenvalue weighted by Crippen LogP contribution is -2.14. The minimum absolute atomic E-state index is 0.234. The number of nitrogens with one attached hydrogen (secondary N) is 1. The molecular formula is C14H11N3O6S. The molecule has 2 aromatic carbocycles. The van der Waals surface area contributed by atoms with Gasteiger partial charge in [0, 0.05) is 22.5 Å². The molecule has 0 fully saturated rings. The standard InChI is InChI=1S/C14H11N3O6S/c15-10-3-4-12(17-13(18)6-11(16-17)14(19)20)8-2-1-7(5-9(8)10)24(21,22)23/h1-6,16H,15H2,(H,19,20)(H,21,22,23). The van der Waals surface area contributed by atoms with Gasteiger partial charge in [0.05, 0.1) is 10.6 Å². The number of H-pyrrole nitrogens is 1. The second-order valence-electron chi connectivity index (χ2n) is 5.00. The van der Waals surface area contributed by atoms with Crippen molar-refractivity contribution < 1.29 is 22.9 Å². The lowest BCUT2D eigenvalue weighted by molar-refractivity contribution is 0.0690. The van der Waals surface area contributed by atoms with Gasteiger partial charge in [-0.1, -0.05) is 6.07 Å². The predicted octanol–water partition coefficient (Wildman–Crippen LogP) is 0.846. The van der Waals surface area contributed by atoms with E-state index in [9.17, 15) is 18.0 Å². The fraction of sp³-hybridized carbons (Fsp3) is 0. The minimum atomic E-state index is -4.41. The van der Waals surface area contributed by atoms with Gasteiger partial charge in [0.1, 0.15) is 5.69 Å². The van der Waals surface area contributed by atoms with Crippen LogP contribution in [0.25, 0.3) is 16.5 Å². The first kappa shape index (κ1) is 15.8. The van der Waals surface area contributed by atoms with Crippen LogP contribution in [0.5, 0.6) is 0 Å². The summed E-state index contributed by atoms with van der Waals surface area (Å²) in [7, 11) is -4.41. The third kappa shape index (κ3) is 2.53. The molecule has 0 spiro atoms. The largest absolute Gasteiger partial charge is 0.477 e. The number of aromatic amines is 1. The number of aromatic nitrogens is 2. The maximum Gasteiger partial charge on any atom is 0.353 e. The summed E-state index contributed by atoms with van der Waals surface area (Å²) >= 11 is 0. The third-order valence-corrected chi connectivity index (χ3v) is 4.34. The highest BCUT2D eigenvalue weighted by Gasteiger charge is 2.16. The van der Waals surface area contributed by atoms with E-state index in [1.807, 2.05) is 0 Å². The lowest BCUT2D eigenvalue weighted by Gasteiger charge is -2.10. The first-order valence-corrected chi connectivity index (χ1v) is 7.98. The van der Waals surface area contributed by atoms with Gasteiger partial charge in [0.2, 0.25) is 0 Å². The number of carboxylic acid groups (broad SMARTS) is 1. The van der Waals surface area contributed by atoms with Gasteiger partial charge >= 0.3 is 5.97 Å². The molecule has 124 valence electrons. The third-order valence-electron chi connectivity index (χ3n) is 3.49. The molecule has 3 rings (SSSR count). The normalized spacial score (nSPS) is 11.7. The van der Waals surface area contributed by atoms with E-state index in [2.05, 4.69) is 5.10 Å². The Morgan fingerprint density at radius 3 is 2.42 bits per heavy atom. The fourth-order valence-corrected chi connectivity index (χ4v) is 2.88. The molecule has 1 heterocycles. The zero-order chi connectivity index (χ0) is 17.6. The number of nitrogen functional groups attached to an aromatic ring is 1. The monoisotopic (exact) mass is 349 g/mol. The van der Waals surface area contributed by atoms with E-state index in [1.165, 1.54) is 24.3 Å². The van der Waals surface area contributed by atoms with Crippen molar-refractivity contribution >= 4 is 32.5 Å². The van der Waals surface area contributed by atoms with Crippen LogP contribution in [0.3, 0.4) is 0 Å². The Labute approximate surface area is 134 Å². The van der Waals surface area contributed by atoms with Crippen molar-refractivity contribution in [2.24, 2.45) is 0 Å². The van der Waals surface area contributed by atoms with Crippen molar-refractivity contribution in [1.82, 2.24) is 9.78 Å². The molecule has 0 bridgehead atoms. The van der Waals surface area contributed by atoms with Crippen LogP contribution in [0.15, 0.2) is 46.1 Å². The molecule has 10 heteroatoms. The van der Waals surface area contributed by atoms with Gasteiger partial charge in [-0.25, -0.2) is 9.48 Å². The van der Waals surface area contributed by atoms with Crippen molar-refractivity contribution in [3.8, 4) is 5.69 Å². The van der Waals surface area contributed by atoms with Gasteiger partial charge < -0.3 is 10.8 Å². The van der Waals surface area contributed by atoms with E-state index < -0.39 is 21.6 Å². The minimum Gasteiger partial charge on any atom is -0.477 e. The van der Waals surface area contributed by atoms with Crippen LogP contribution in [-0.2, 0) is 10.1 Å². The fourth-order valence-electron chi connectivity index (χ4n) is 2.37. The second-order valence-corrected chi connectivity index (χ2v) is 6.43. The summed E-state index contributed by atoms with van der Waals surface area (Å²) < 4.78 is 32.7. The Morgan fingerprint density at radius 1 is 1.12 bits per heavy atom. The van der Waals surface area contributed by atoms with Crippen LogP contribution >= 0.6 is 0 Å². The van der Waals surface area contributed by atoms with E-state index in [0.717, 1.165) is 16.8 Å². The molecule has 0 aliphatic rings. The maximum atomic E-state index is 12.0. The molecule has 0 saturated carbocycles. The van der Waals surface area contributed by atoms with Gasteiger partial charge in [-0.2, -0.15) is 8.42 Å². The van der Waals surface area contributed by atoms with Gasteiger partial charge in [0.15, 0.2) is 0 Å². The average molecular weight is 349 g/mol. The maximum absolute atomic E-state index is 12.0. The zero-order valence-electron chi connectivity index (χ0n) is 11.9. The number of hydrogen-bond donors (Lipinski definition) is 4. The number of aromatic carboxylic acids is 1. The molecule has 0 atom stereocenters. The summed E-state index contributed by atoms with van der Waals surface area (Å²) in [6.45, 7) is 0. The molecule has 0 radical (unpaired) electrons. The first-order valence-electron chi connectivity index (χ1n) is 6.54. The second kappa shape index (κ2) is 5.22. The van der Waals surface area contributed by atoms with Gasteiger partial charge in [-0.3, -0.25) is 14.4 Å². The molecule has 1 aromatic heterocycles. The Bertz CT molecular complexity index is 1140. The van der Waals surface area contributed by atoms with Crippen LogP contribution in [0.2, 0.25) is 0 Å². The average Bonchev–Trinajstić information content (AvgIpc) is 2.89. The summed E-state index contributed by atoms with van der Waals surface area (Å²) in [4.78, 5) is 22.6. The smallest absolute Gasteiger partial charge is 0.353 e. The number of benzene rings is 2. The lowest BCUT2D eigenvalue weighted by atomic mass is 10.1. The Morgan fingerprint density at radius 2 is 1.83 bits per heavy atom. The number of carbonyl (C=O) groups is 1. The van der Waals surface area contributed by atoms with Gasteiger partial charge in [-0.15, -0.1) is 0 Å². The predicted molar refractivity (Wildman–Crippen MR) is 85.1 cm³/mol. The highest BCUT2D eigenvalue weighted by Crippen LogP contribution is 2.29. The van der Waals surface area contributed by atoms with E-state index in [4.69, 9.17) is 15.4 Å². The number of carboxylic acids is 1. The molecule has 0 aliphatic carbocycles. The van der Waals surface area contributed by atoms with Crippen LogP contribution in [-0.4, -0.2) is 33.8 Å². The molecular weight excluding hydrogens is 338 g/mol. The highest BCUT2D eigenvalue weighted by molar-refractivity contribution is 7.85. The summed E-state index contributed by atoms with van der Waals surface area (Å²) in [6, 6.07) is 7.57. The van der Waals surface area contributed by atoms with E-state index >= 15 is 0 Å². The molecule has 0 saturated heterocycles. The van der Waals surface area contributed by atoms with Crippen LogP contribution in [0.4, 0.5) is 5.69 Å².